The van der Waals surface area contributed by atoms with Gasteiger partial charge in [0.05, 0.1) is 32.7 Å². The third kappa shape index (κ3) is 2.82. The van der Waals surface area contributed by atoms with Crippen LogP contribution in [0, 0.1) is 6.92 Å². The number of ether oxygens (including phenoxy) is 3. The first-order valence-electron chi connectivity index (χ1n) is 9.00. The average Bonchev–Trinajstić information content (AvgIpc) is 3.11. The molecule has 0 fully saturated rings. The highest BCUT2D eigenvalue weighted by atomic mass is 16.7. The topological polar surface area (TPSA) is 49.2 Å². The summed E-state index contributed by atoms with van der Waals surface area (Å²) in [6.07, 6.45) is 1.38. The molecule has 0 aromatic heterocycles. The van der Waals surface area contributed by atoms with Gasteiger partial charge in [-0.15, -0.1) is 0 Å². The van der Waals surface area contributed by atoms with E-state index in [9.17, 15) is 4.79 Å². The van der Waals surface area contributed by atoms with E-state index in [0.29, 0.717) is 12.2 Å². The molecule has 5 heteroatoms. The first-order chi connectivity index (χ1) is 12.6. The highest BCUT2D eigenvalue weighted by Crippen LogP contribution is 2.47. The van der Waals surface area contributed by atoms with Gasteiger partial charge in [0, 0.05) is 12.0 Å². The van der Waals surface area contributed by atoms with E-state index in [4.69, 9.17) is 14.2 Å². The minimum atomic E-state index is 0.0389. The predicted octanol–water partition coefficient (Wildman–Crippen LogP) is 2.12. The third-order valence-electron chi connectivity index (χ3n) is 5.44. The lowest BCUT2D eigenvalue weighted by molar-refractivity contribution is -0.913. The van der Waals surface area contributed by atoms with Crippen molar-refractivity contribution in [3.63, 3.8) is 0 Å². The molecule has 0 saturated heterocycles. The van der Waals surface area contributed by atoms with Crippen molar-refractivity contribution in [2.45, 2.75) is 25.8 Å². The zero-order valence-corrected chi connectivity index (χ0v) is 15.4. The van der Waals surface area contributed by atoms with Crippen LogP contribution in [0.2, 0.25) is 0 Å². The number of aryl methyl sites for hydroxylation is 1. The smallest absolute Gasteiger partial charge is 0.231 e. The molecule has 2 aromatic rings. The van der Waals surface area contributed by atoms with Gasteiger partial charge in [0.2, 0.25) is 12.5 Å². The van der Waals surface area contributed by atoms with Crippen LogP contribution >= 0.6 is 0 Å². The zero-order chi connectivity index (χ0) is 18.3. The summed E-state index contributed by atoms with van der Waals surface area (Å²) in [5.74, 6) is 2.27. The number of Topliss-reactive ketones (excluding diaryl/α,β-unsaturated/α-hetero) is 1. The summed E-state index contributed by atoms with van der Waals surface area (Å²) in [6.45, 7) is 3.21. The first kappa shape index (κ1) is 16.9. The van der Waals surface area contributed by atoms with Crippen LogP contribution in [0.25, 0.3) is 0 Å². The number of hydrogen-bond donors (Lipinski definition) is 1. The molecule has 1 unspecified atom stereocenters. The lowest BCUT2D eigenvalue weighted by atomic mass is 9.87. The van der Waals surface area contributed by atoms with E-state index >= 15 is 0 Å². The molecule has 0 bridgehead atoms. The maximum Gasteiger partial charge on any atom is 0.231 e. The van der Waals surface area contributed by atoms with Gasteiger partial charge < -0.3 is 19.1 Å². The second-order valence-electron chi connectivity index (χ2n) is 7.11. The van der Waals surface area contributed by atoms with Crippen LogP contribution in [0.15, 0.2) is 30.3 Å². The number of likely N-dealkylation sites (N-methyl/N-ethyl adjacent to an activating group) is 1. The average molecular weight is 354 g/mol. The molecule has 136 valence electrons. The molecule has 2 aliphatic rings. The van der Waals surface area contributed by atoms with Gasteiger partial charge in [-0.2, -0.15) is 0 Å². The molecule has 0 spiro atoms. The number of fused-ring (bicyclic) bond motifs is 2. The van der Waals surface area contributed by atoms with Crippen molar-refractivity contribution in [3.05, 3.63) is 52.6 Å². The summed E-state index contributed by atoms with van der Waals surface area (Å²) in [5, 5.41) is 0. The molecule has 1 N–H and O–H groups in total. The number of rotatable bonds is 4. The summed E-state index contributed by atoms with van der Waals surface area (Å²) in [7, 11) is 3.79. The van der Waals surface area contributed by atoms with E-state index in [1.165, 1.54) is 10.5 Å². The quantitative estimate of drug-likeness (QED) is 0.855. The number of benzene rings is 2. The Morgan fingerprint density at radius 2 is 2.04 bits per heavy atom. The Labute approximate surface area is 153 Å². The van der Waals surface area contributed by atoms with Gasteiger partial charge in [0.1, 0.15) is 6.04 Å². The Bertz CT molecular complexity index is 844. The number of carbonyl (C=O) groups is 1. The standard InChI is InChI=1S/C21H23NO4/c1-13-4-6-14(7-5-13)17(23)11-16-19-15(8-9-22(16)2)10-18-20(21(19)24-3)26-12-25-18/h4-7,10,16H,8-9,11-12H2,1-3H3/p+1/t16-/m1/s1. The van der Waals surface area contributed by atoms with Crippen LogP contribution in [-0.2, 0) is 6.42 Å². The number of carbonyl (C=O) groups excluding carboxylic acids is 1. The van der Waals surface area contributed by atoms with E-state index in [0.717, 1.165) is 41.2 Å². The molecule has 2 aliphatic heterocycles. The zero-order valence-electron chi connectivity index (χ0n) is 15.4. The highest BCUT2D eigenvalue weighted by molar-refractivity contribution is 5.96. The highest BCUT2D eigenvalue weighted by Gasteiger charge is 2.37. The normalized spacial score (nSPS) is 20.6. The Morgan fingerprint density at radius 1 is 1.27 bits per heavy atom. The van der Waals surface area contributed by atoms with Crippen LogP contribution in [0.5, 0.6) is 17.2 Å². The summed E-state index contributed by atoms with van der Waals surface area (Å²) in [6, 6.07) is 9.88. The van der Waals surface area contributed by atoms with Gasteiger partial charge in [-0.3, -0.25) is 4.79 Å². The van der Waals surface area contributed by atoms with Crippen LogP contribution in [-0.4, -0.2) is 33.3 Å². The van der Waals surface area contributed by atoms with Gasteiger partial charge in [-0.1, -0.05) is 29.8 Å². The van der Waals surface area contributed by atoms with E-state index in [1.807, 2.05) is 31.2 Å². The van der Waals surface area contributed by atoms with Crippen LogP contribution in [0.1, 0.15) is 39.5 Å². The second-order valence-corrected chi connectivity index (χ2v) is 7.11. The van der Waals surface area contributed by atoms with Gasteiger partial charge in [-0.25, -0.2) is 0 Å². The lowest BCUT2D eigenvalue weighted by Crippen LogP contribution is -3.10. The van der Waals surface area contributed by atoms with Crippen molar-refractivity contribution in [3.8, 4) is 17.2 Å². The van der Waals surface area contributed by atoms with Crippen LogP contribution in [0.3, 0.4) is 0 Å². The number of ketones is 1. The molecule has 5 nitrogen and oxygen atoms in total. The predicted molar refractivity (Wildman–Crippen MR) is 97.4 cm³/mol. The van der Waals surface area contributed by atoms with Crippen molar-refractivity contribution in [1.82, 2.24) is 0 Å². The Morgan fingerprint density at radius 3 is 2.77 bits per heavy atom. The van der Waals surface area contributed by atoms with Crippen molar-refractivity contribution in [2.75, 3.05) is 27.5 Å². The van der Waals surface area contributed by atoms with E-state index in [-0.39, 0.29) is 18.6 Å². The van der Waals surface area contributed by atoms with E-state index in [2.05, 4.69) is 13.1 Å². The number of quaternary nitrogens is 1. The minimum Gasteiger partial charge on any atom is -0.492 e. The molecule has 0 aliphatic carbocycles. The van der Waals surface area contributed by atoms with Gasteiger partial charge in [0.15, 0.2) is 17.3 Å². The monoisotopic (exact) mass is 354 g/mol. The largest absolute Gasteiger partial charge is 0.492 e. The Kier molecular flexibility index (Phi) is 4.32. The fourth-order valence-corrected chi connectivity index (χ4v) is 3.94. The van der Waals surface area contributed by atoms with Gasteiger partial charge in [0.25, 0.3) is 0 Å². The van der Waals surface area contributed by atoms with Crippen LogP contribution in [0.4, 0.5) is 0 Å². The maximum absolute atomic E-state index is 12.9. The Hall–Kier alpha value is -2.53. The third-order valence-corrected chi connectivity index (χ3v) is 5.44. The molecule has 2 atom stereocenters. The lowest BCUT2D eigenvalue weighted by Gasteiger charge is -2.32. The van der Waals surface area contributed by atoms with Crippen molar-refractivity contribution < 1.29 is 23.9 Å². The van der Waals surface area contributed by atoms with Gasteiger partial charge in [-0.05, 0) is 18.6 Å². The summed E-state index contributed by atoms with van der Waals surface area (Å²) >= 11 is 0. The fraction of sp³-hybridized carbons (Fsp3) is 0.381. The molecule has 0 radical (unpaired) electrons. The molecule has 4 rings (SSSR count). The minimum absolute atomic E-state index is 0.0389. The summed E-state index contributed by atoms with van der Waals surface area (Å²) in [4.78, 5) is 14.2. The SMILES string of the molecule is COc1c2c(cc3c1[C@@H](CC(=O)c1ccc(C)cc1)[NH+](C)CC3)OCO2. The molecule has 0 saturated carbocycles. The van der Waals surface area contributed by atoms with Crippen molar-refractivity contribution in [2.24, 2.45) is 0 Å². The molecule has 26 heavy (non-hydrogen) atoms. The molecule has 2 heterocycles. The number of nitrogens with one attached hydrogen (secondary N) is 1. The number of hydrogen-bond acceptors (Lipinski definition) is 4. The molecule has 2 aromatic carbocycles. The van der Waals surface area contributed by atoms with E-state index < -0.39 is 0 Å². The first-order valence-corrected chi connectivity index (χ1v) is 9.00. The van der Waals surface area contributed by atoms with Gasteiger partial charge >= 0.3 is 0 Å². The second kappa shape index (κ2) is 6.65. The molecular weight excluding hydrogens is 330 g/mol. The Balaban J connectivity index is 1.71. The molecular formula is C21H24NO4+. The number of methoxy groups -OCH3 is 1. The van der Waals surface area contributed by atoms with E-state index in [1.54, 1.807) is 7.11 Å². The van der Waals surface area contributed by atoms with Crippen molar-refractivity contribution >= 4 is 5.78 Å². The van der Waals surface area contributed by atoms with Crippen molar-refractivity contribution in [1.29, 1.82) is 0 Å². The maximum atomic E-state index is 12.9. The van der Waals surface area contributed by atoms with Crippen LogP contribution < -0.4 is 19.1 Å². The molecule has 0 amide bonds. The summed E-state index contributed by atoms with van der Waals surface area (Å²) < 4.78 is 16.9. The fourth-order valence-electron chi connectivity index (χ4n) is 3.94. The summed E-state index contributed by atoms with van der Waals surface area (Å²) in [5.41, 5.74) is 4.19.